The molecule has 9 aliphatic rings. The molecule has 9 rings (SSSR count). The largest absolute Gasteiger partial charge is 0.397 e. The topological polar surface area (TPSA) is 840 Å². The van der Waals surface area contributed by atoms with Crippen LogP contribution in [0.3, 0.4) is 0 Å². The predicted molar refractivity (Wildman–Crippen MR) is 377 cm³/mol. The van der Waals surface area contributed by atoms with Crippen LogP contribution < -0.4 is 31.9 Å². The second-order valence-electron chi connectivity index (χ2n) is 30.1. The van der Waals surface area contributed by atoms with Crippen LogP contribution in [-0.2, 0) is 124 Å². The van der Waals surface area contributed by atoms with Gasteiger partial charge in [-0.1, -0.05) is 0 Å². The normalized spacial score (nSPS) is 45.9. The molecule has 704 valence electrons. The fourth-order valence-electron chi connectivity index (χ4n) is 15.5. The molecule has 0 aliphatic carbocycles. The Labute approximate surface area is 691 Å². The Morgan fingerprint density at radius 3 is 0.852 bits per heavy atom. The maximum Gasteiger partial charge on any atom is 0.397 e. The standard InChI is InChI=1S/C66H110N6O49S/c1-16(81)67-31-43(93)50(26(11-77)105-58(31)100)114-61-34(70-19(4)84)45(95)52(28(13-79)110-61)116-64-49(99)55(118-66-57(48(98)40(90)25(10-76)109-66)120-63-35(71-20(5)85)44(94)51(27(12-78)111-63)115-62-36(72-21(6)86)46(96)53(29(14-80)112-62)121-122(101,102)103)54(117-59-32(68-17(2)82)41(91)37(87)22(7-73)106-59)30(113-64)15-104-65-56(47(97)39(89)24(9-75)108-65)119-60-33(69-18(3)83)42(92)38(88)23(8-74)107-60/h22-66,73-80,87-100H,7-15H2,1-6H3,(H,67,81)(H,68,82)(H,69,83)(H,70,84)(H,71,85)(H,72,86)(H,101,102,103)/t22-,23-,24-,25-,26-,27-,28-,29-,30-,31-,32-,33-,34-,35-,36-,37-,38-,39-,40-,41-,42-,43-,44-,45-,46-,47+,48+,49+,50-,51-,52-,53+,54-,55-,56+,57+,58-,59+,60+,61+,62+,63+,64+,65+,66-/m1/s1. The summed E-state index contributed by atoms with van der Waals surface area (Å²) >= 11 is 0. The average Bonchev–Trinajstić information content (AvgIpc) is 0.769. The minimum Gasteiger partial charge on any atom is -0.394 e. The van der Waals surface area contributed by atoms with Gasteiger partial charge in [0.1, 0.15) is 219 Å². The van der Waals surface area contributed by atoms with Gasteiger partial charge in [0.2, 0.25) is 35.4 Å². The molecule has 55 nitrogen and oxygen atoms in total. The van der Waals surface area contributed by atoms with Crippen molar-refractivity contribution in [1.29, 1.82) is 0 Å². The molecule has 0 aromatic rings. The van der Waals surface area contributed by atoms with Gasteiger partial charge in [0.15, 0.2) is 56.6 Å². The zero-order valence-corrected chi connectivity index (χ0v) is 66.5. The first-order chi connectivity index (χ1) is 57.5. The number of aliphatic hydroxyl groups is 22. The molecule has 45 atom stereocenters. The van der Waals surface area contributed by atoms with E-state index in [0.29, 0.717) is 0 Å². The van der Waals surface area contributed by atoms with E-state index >= 15 is 0 Å². The van der Waals surface area contributed by atoms with Crippen LogP contribution in [-0.4, -0.2) is 496 Å². The second-order valence-corrected chi connectivity index (χ2v) is 31.2. The summed E-state index contributed by atoms with van der Waals surface area (Å²) in [6.07, 6.45) is -86.2. The summed E-state index contributed by atoms with van der Waals surface area (Å²) in [5, 5.41) is 264. The minimum atomic E-state index is -5.47. The lowest BCUT2D eigenvalue weighted by molar-refractivity contribution is -0.408. The van der Waals surface area contributed by atoms with Gasteiger partial charge in [-0.2, -0.15) is 8.42 Å². The monoisotopic (exact) mass is 1800 g/mol. The zero-order valence-electron chi connectivity index (χ0n) is 65.7. The maximum absolute atomic E-state index is 13.3. The summed E-state index contributed by atoms with van der Waals surface area (Å²) in [4.78, 5) is 77.1. The number of nitrogens with one attached hydrogen (secondary N) is 6. The van der Waals surface area contributed by atoms with E-state index in [4.69, 9.17) is 80.5 Å². The molecule has 9 fully saturated rings. The molecule has 122 heavy (non-hydrogen) atoms. The average molecular weight is 1800 g/mol. The number of amides is 6. The number of hydrogen-bond donors (Lipinski definition) is 29. The summed E-state index contributed by atoms with van der Waals surface area (Å²) in [6, 6.07) is -11.7. The Morgan fingerprint density at radius 2 is 0.500 bits per heavy atom. The van der Waals surface area contributed by atoms with E-state index in [9.17, 15) is 154 Å². The van der Waals surface area contributed by atoms with Gasteiger partial charge < -0.3 is 225 Å². The van der Waals surface area contributed by atoms with Gasteiger partial charge >= 0.3 is 10.4 Å². The lowest BCUT2D eigenvalue weighted by Crippen LogP contribution is -2.72. The van der Waals surface area contributed by atoms with Crippen molar-refractivity contribution in [2.24, 2.45) is 0 Å². The first kappa shape index (κ1) is 101. The summed E-state index contributed by atoms with van der Waals surface area (Å²) in [5.74, 6) is -5.76. The number of hydrogen-bond acceptors (Lipinski definition) is 48. The molecular weight excluding hydrogens is 1690 g/mol. The molecule has 0 saturated carbocycles. The Kier molecular flexibility index (Phi) is 36.4. The minimum absolute atomic E-state index is 0.821. The van der Waals surface area contributed by atoms with E-state index < -0.39 is 381 Å². The van der Waals surface area contributed by atoms with Crippen molar-refractivity contribution >= 4 is 45.8 Å². The quantitative estimate of drug-likeness (QED) is 0.0271. The van der Waals surface area contributed by atoms with Gasteiger partial charge in [-0.05, 0) is 0 Å². The van der Waals surface area contributed by atoms with Gasteiger partial charge in [-0.3, -0.25) is 33.3 Å². The van der Waals surface area contributed by atoms with Crippen molar-refractivity contribution < 1.29 is 239 Å². The third-order valence-electron chi connectivity index (χ3n) is 21.4. The Morgan fingerprint density at radius 1 is 0.254 bits per heavy atom. The second kappa shape index (κ2) is 44.0. The van der Waals surface area contributed by atoms with Gasteiger partial charge in [-0.25, -0.2) is 4.18 Å². The number of ether oxygens (including phenoxy) is 17. The first-order valence-electron chi connectivity index (χ1n) is 38.3. The van der Waals surface area contributed by atoms with Gasteiger partial charge in [0.05, 0.1) is 59.5 Å². The molecule has 29 N–H and O–H groups in total. The SMILES string of the molecule is CC(=O)N[C@@H]1[C@@H](O)[C@H](O[C@@H]2O[C@H](CO)[C@@H](O[C@@H]3O[C@H](CO[C@H]4O[C@H](CO)[C@@H](O)[C@H](O)[C@@H]4O[C@@H]4O[C@H](CO)[C@@H](O)[C@H](O)[C@H]4NC(C)=O)[C@@H](O[C@@H]4O[C@H](CO)[C@@H](O)[C@H](O)[C@H]4NC(C)=O)[C@H](O[C@H]4O[C@H](CO)[C@@H](O)[C@H](O)[C@@H]4O[C@@H]4O[C@H](CO)[C@@H](O[C@@H]5O[C@H](CO)[C@H](OS(=O)(=O)O)[C@H](O)[C@H]5NC(C)=O)[C@H](O)[C@H]4NC(C)=O)[C@@H]3O)[C@H](O)[C@H]2NC(C)=O)[C@@H](CO)O[C@H]1O. The van der Waals surface area contributed by atoms with Crippen molar-refractivity contribution in [3.05, 3.63) is 0 Å². The third-order valence-corrected chi connectivity index (χ3v) is 21.8. The molecule has 0 radical (unpaired) electrons. The van der Waals surface area contributed by atoms with Crippen molar-refractivity contribution in [3.63, 3.8) is 0 Å². The summed E-state index contributed by atoms with van der Waals surface area (Å²) in [5.41, 5.74) is 0. The maximum atomic E-state index is 13.3. The van der Waals surface area contributed by atoms with Crippen LogP contribution in [0, 0.1) is 0 Å². The predicted octanol–water partition coefficient (Wildman–Crippen LogP) is -19.9. The number of rotatable bonds is 33. The van der Waals surface area contributed by atoms with Crippen LogP contribution in [0.2, 0.25) is 0 Å². The fraction of sp³-hybridized carbons (Fsp3) is 0.909. The smallest absolute Gasteiger partial charge is 0.394 e. The molecule has 9 aliphatic heterocycles. The van der Waals surface area contributed by atoms with Crippen LogP contribution in [0.15, 0.2) is 0 Å². The van der Waals surface area contributed by atoms with Crippen molar-refractivity contribution in [3.8, 4) is 0 Å². The van der Waals surface area contributed by atoms with Gasteiger partial charge in [-0.15, -0.1) is 0 Å². The van der Waals surface area contributed by atoms with Gasteiger partial charge in [0, 0.05) is 41.5 Å². The highest BCUT2D eigenvalue weighted by Crippen LogP contribution is 2.41. The lowest BCUT2D eigenvalue weighted by Gasteiger charge is -2.52. The molecule has 9 heterocycles. The van der Waals surface area contributed by atoms with Crippen molar-refractivity contribution in [2.45, 2.75) is 318 Å². The zero-order chi connectivity index (χ0) is 90.3. The molecule has 0 spiro atoms. The highest BCUT2D eigenvalue weighted by molar-refractivity contribution is 7.80. The number of carbonyl (C=O) groups is 6. The Hall–Kier alpha value is -4.87. The van der Waals surface area contributed by atoms with Crippen LogP contribution in [0.25, 0.3) is 0 Å². The number of carbonyl (C=O) groups excluding carboxylic acids is 6. The molecular formula is C66H110N6O49S. The van der Waals surface area contributed by atoms with E-state index in [1.54, 1.807) is 0 Å². The molecule has 0 aromatic carbocycles. The summed E-state index contributed by atoms with van der Waals surface area (Å²) in [7, 11) is -5.47. The molecule has 56 heteroatoms. The molecule has 0 aromatic heterocycles. The Bertz CT molecular complexity index is 3510. The van der Waals surface area contributed by atoms with Gasteiger partial charge in [0.25, 0.3) is 0 Å². The first-order valence-corrected chi connectivity index (χ1v) is 39.6. The molecule has 0 bridgehead atoms. The van der Waals surface area contributed by atoms with Crippen molar-refractivity contribution in [2.75, 3.05) is 59.5 Å². The van der Waals surface area contributed by atoms with Crippen LogP contribution in [0.1, 0.15) is 41.5 Å². The summed E-state index contributed by atoms with van der Waals surface area (Å²) < 4.78 is 142. The van der Waals surface area contributed by atoms with Crippen LogP contribution >= 0.6 is 0 Å². The van der Waals surface area contributed by atoms with E-state index in [1.807, 2.05) is 0 Å². The highest BCUT2D eigenvalue weighted by Gasteiger charge is 2.62. The van der Waals surface area contributed by atoms with Crippen LogP contribution in [0.4, 0.5) is 0 Å². The van der Waals surface area contributed by atoms with Crippen molar-refractivity contribution in [1.82, 2.24) is 31.9 Å². The molecule has 6 amide bonds. The van der Waals surface area contributed by atoms with E-state index in [0.717, 1.165) is 41.5 Å². The van der Waals surface area contributed by atoms with E-state index in [1.165, 1.54) is 0 Å². The highest BCUT2D eigenvalue weighted by atomic mass is 32.3. The molecule has 0 unspecified atom stereocenters. The fourth-order valence-corrected chi connectivity index (χ4v) is 16.0. The number of aliphatic hydroxyl groups excluding tert-OH is 22. The molecule has 9 saturated heterocycles. The Balaban J connectivity index is 1.17. The van der Waals surface area contributed by atoms with E-state index in [-0.39, 0.29) is 0 Å². The lowest BCUT2D eigenvalue weighted by atomic mass is 9.93. The van der Waals surface area contributed by atoms with E-state index in [2.05, 4.69) is 36.1 Å². The third kappa shape index (κ3) is 23.4. The summed E-state index contributed by atoms with van der Waals surface area (Å²) in [6.45, 7) is -5.31. The van der Waals surface area contributed by atoms with Crippen LogP contribution in [0.5, 0.6) is 0 Å².